The third kappa shape index (κ3) is 6.54. The Hall–Kier alpha value is -3.98. The summed E-state index contributed by atoms with van der Waals surface area (Å²) < 4.78 is 11.0. The minimum absolute atomic E-state index is 0.00161. The molecule has 3 aromatic rings. The van der Waals surface area contributed by atoms with Crippen molar-refractivity contribution in [3.8, 4) is 17.2 Å². The molecule has 1 aromatic heterocycles. The molecular formula is C30H37N3O6. The van der Waals surface area contributed by atoms with Crippen LogP contribution in [-0.2, 0) is 4.79 Å². The Balaban J connectivity index is 1.59. The molecule has 0 radical (unpaired) electrons. The molecule has 0 unspecified atom stereocenters. The molecule has 1 amide bonds. The van der Waals surface area contributed by atoms with Crippen LogP contribution >= 0.6 is 0 Å². The summed E-state index contributed by atoms with van der Waals surface area (Å²) in [5.41, 5.74) is 2.21. The van der Waals surface area contributed by atoms with Crippen LogP contribution in [0.1, 0.15) is 53.9 Å². The van der Waals surface area contributed by atoms with E-state index in [9.17, 15) is 19.8 Å². The van der Waals surface area contributed by atoms with Crippen LogP contribution in [-0.4, -0.2) is 61.9 Å². The molecule has 9 heteroatoms. The summed E-state index contributed by atoms with van der Waals surface area (Å²) in [7, 11) is 5.43. The van der Waals surface area contributed by atoms with E-state index in [0.29, 0.717) is 17.9 Å². The van der Waals surface area contributed by atoms with Crippen molar-refractivity contribution in [2.45, 2.75) is 38.1 Å². The minimum atomic E-state index is -0.781. The lowest BCUT2D eigenvalue weighted by atomic mass is 9.91. The fourth-order valence-electron chi connectivity index (χ4n) is 5.11. The first-order valence-corrected chi connectivity index (χ1v) is 13.2. The van der Waals surface area contributed by atoms with Crippen LogP contribution < -0.4 is 20.4 Å². The first-order valence-electron chi connectivity index (χ1n) is 13.2. The van der Waals surface area contributed by atoms with Gasteiger partial charge in [0.25, 0.3) is 0 Å². The number of ether oxygens (including phenoxy) is 1. The molecule has 0 bridgehead atoms. The highest BCUT2D eigenvalue weighted by Crippen LogP contribution is 2.37. The zero-order valence-electron chi connectivity index (χ0n) is 22.9. The van der Waals surface area contributed by atoms with E-state index in [1.807, 2.05) is 19.0 Å². The summed E-state index contributed by atoms with van der Waals surface area (Å²) in [6.45, 7) is 3.96. The number of amides is 1. The number of aryl methyl sites for hydroxylation is 1. The Morgan fingerprint density at radius 3 is 2.38 bits per heavy atom. The van der Waals surface area contributed by atoms with Gasteiger partial charge in [-0.05, 0) is 68.2 Å². The van der Waals surface area contributed by atoms with Gasteiger partial charge in [0.15, 0.2) is 17.3 Å². The van der Waals surface area contributed by atoms with Gasteiger partial charge in [0.2, 0.25) is 17.1 Å². The second kappa shape index (κ2) is 12.3. The maximum absolute atomic E-state index is 13.4. The van der Waals surface area contributed by atoms with Crippen LogP contribution in [0, 0.1) is 6.92 Å². The largest absolute Gasteiger partial charge is 0.504 e. The number of benzene rings is 2. The summed E-state index contributed by atoms with van der Waals surface area (Å²) in [5.74, 6) is -1.11. The van der Waals surface area contributed by atoms with Gasteiger partial charge in [-0.25, -0.2) is 0 Å². The number of likely N-dealkylation sites (tertiary alicyclic amines) is 1. The molecule has 2 aromatic carbocycles. The molecule has 4 rings (SSSR count). The number of phenolic OH excluding ortho intramolecular Hbond substituents is 1. The van der Waals surface area contributed by atoms with Gasteiger partial charge in [0.05, 0.1) is 19.1 Å². The zero-order chi connectivity index (χ0) is 28.1. The number of phenols is 1. The molecule has 0 spiro atoms. The van der Waals surface area contributed by atoms with Crippen molar-refractivity contribution in [1.82, 2.24) is 10.2 Å². The van der Waals surface area contributed by atoms with Gasteiger partial charge in [-0.3, -0.25) is 14.5 Å². The minimum Gasteiger partial charge on any atom is -0.504 e. The van der Waals surface area contributed by atoms with Gasteiger partial charge in [-0.1, -0.05) is 18.2 Å². The molecule has 1 aliphatic heterocycles. The zero-order valence-corrected chi connectivity index (χ0v) is 22.9. The van der Waals surface area contributed by atoms with E-state index in [1.165, 1.54) is 19.2 Å². The Morgan fingerprint density at radius 2 is 1.74 bits per heavy atom. The number of carbonyl (C=O) groups excluding carboxylic acids is 1. The first kappa shape index (κ1) is 28.0. The maximum atomic E-state index is 13.4. The molecule has 2 heterocycles. The van der Waals surface area contributed by atoms with Crippen molar-refractivity contribution < 1.29 is 24.2 Å². The summed E-state index contributed by atoms with van der Waals surface area (Å²) in [6.07, 6.45) is 2.16. The van der Waals surface area contributed by atoms with Crippen LogP contribution in [0.25, 0.3) is 0 Å². The lowest BCUT2D eigenvalue weighted by Crippen LogP contribution is -2.37. The Labute approximate surface area is 228 Å². The lowest BCUT2D eigenvalue weighted by Gasteiger charge is -2.29. The Morgan fingerprint density at radius 1 is 1.08 bits per heavy atom. The van der Waals surface area contributed by atoms with Crippen LogP contribution in [0.4, 0.5) is 5.69 Å². The topological polar surface area (TPSA) is 115 Å². The molecule has 3 N–H and O–H groups in total. The summed E-state index contributed by atoms with van der Waals surface area (Å²) >= 11 is 0. The van der Waals surface area contributed by atoms with Crippen LogP contribution in [0.15, 0.2) is 57.7 Å². The van der Waals surface area contributed by atoms with Gasteiger partial charge in [0, 0.05) is 38.8 Å². The molecule has 9 nitrogen and oxygen atoms in total. The third-order valence-corrected chi connectivity index (χ3v) is 7.25. The molecule has 1 saturated heterocycles. The number of anilines is 1. The average molecular weight is 536 g/mol. The van der Waals surface area contributed by atoms with E-state index < -0.39 is 17.1 Å². The van der Waals surface area contributed by atoms with Crippen LogP contribution in [0.5, 0.6) is 17.2 Å². The number of nitrogens with zero attached hydrogens (tertiary/aromatic N) is 2. The maximum Gasteiger partial charge on any atom is 0.227 e. The third-order valence-electron chi connectivity index (χ3n) is 7.25. The number of rotatable bonds is 10. The number of carbonyl (C=O) groups is 1. The average Bonchev–Trinajstić information content (AvgIpc) is 3.45. The molecular weight excluding hydrogens is 498 g/mol. The van der Waals surface area contributed by atoms with E-state index in [1.54, 1.807) is 19.1 Å². The number of nitrogens with one attached hydrogen (secondary N) is 1. The molecule has 208 valence electrons. The predicted molar refractivity (Wildman–Crippen MR) is 150 cm³/mol. The van der Waals surface area contributed by atoms with Crippen molar-refractivity contribution in [2.24, 2.45) is 0 Å². The van der Waals surface area contributed by atoms with Gasteiger partial charge in [-0.2, -0.15) is 0 Å². The molecule has 1 aliphatic rings. The lowest BCUT2D eigenvalue weighted by molar-refractivity contribution is -0.121. The number of aromatic hydroxyl groups is 2. The number of hydrogen-bond donors (Lipinski definition) is 3. The van der Waals surface area contributed by atoms with Crippen LogP contribution in [0.2, 0.25) is 0 Å². The summed E-state index contributed by atoms with van der Waals surface area (Å²) in [5, 5.41) is 23.8. The molecule has 0 aliphatic carbocycles. The quantitative estimate of drug-likeness (QED) is 0.358. The summed E-state index contributed by atoms with van der Waals surface area (Å²) in [4.78, 5) is 30.2. The Kier molecular flexibility index (Phi) is 8.81. The monoisotopic (exact) mass is 535 g/mol. The standard InChI is InChI=1S/C30H37N3O6/c1-19-15-26(35)29(37)30(39-19)23(21-9-12-25(34)27(16-21)38-4)17-28(36)31-18-24(33-13-5-6-14-33)20-7-10-22(11-8-20)32(2)3/h7-12,15-16,23-24,34,37H,5-6,13-14,17-18H2,1-4H3,(H,31,36)/t23-,24+/m1/s1. The second-order valence-electron chi connectivity index (χ2n) is 10.2. The van der Waals surface area contributed by atoms with E-state index in [-0.39, 0.29) is 35.6 Å². The first-order chi connectivity index (χ1) is 18.7. The highest BCUT2D eigenvalue weighted by molar-refractivity contribution is 5.77. The van der Waals surface area contributed by atoms with E-state index in [4.69, 9.17) is 9.15 Å². The van der Waals surface area contributed by atoms with Crippen molar-refractivity contribution in [3.05, 3.63) is 81.4 Å². The smallest absolute Gasteiger partial charge is 0.227 e. The van der Waals surface area contributed by atoms with Crippen molar-refractivity contribution in [3.63, 3.8) is 0 Å². The van der Waals surface area contributed by atoms with E-state index in [2.05, 4.69) is 34.5 Å². The fourth-order valence-corrected chi connectivity index (χ4v) is 5.11. The van der Waals surface area contributed by atoms with E-state index >= 15 is 0 Å². The van der Waals surface area contributed by atoms with Crippen LogP contribution in [0.3, 0.4) is 0 Å². The fraction of sp³-hybridized carbons (Fsp3) is 0.400. The Bertz CT molecular complexity index is 1350. The highest BCUT2D eigenvalue weighted by atomic mass is 16.5. The van der Waals surface area contributed by atoms with E-state index in [0.717, 1.165) is 37.2 Å². The number of hydrogen-bond acceptors (Lipinski definition) is 8. The number of methoxy groups -OCH3 is 1. The predicted octanol–water partition coefficient (Wildman–Crippen LogP) is 3.91. The normalized spacial score (nSPS) is 15.1. The van der Waals surface area contributed by atoms with Gasteiger partial charge >= 0.3 is 0 Å². The molecule has 1 fully saturated rings. The highest BCUT2D eigenvalue weighted by Gasteiger charge is 2.28. The van der Waals surface area contributed by atoms with Crippen molar-refractivity contribution in [1.29, 1.82) is 0 Å². The summed E-state index contributed by atoms with van der Waals surface area (Å²) in [6, 6.07) is 14.2. The van der Waals surface area contributed by atoms with Crippen molar-refractivity contribution >= 4 is 11.6 Å². The van der Waals surface area contributed by atoms with Gasteiger partial charge in [0.1, 0.15) is 5.76 Å². The molecule has 2 atom stereocenters. The molecule has 39 heavy (non-hydrogen) atoms. The molecule has 0 saturated carbocycles. The van der Waals surface area contributed by atoms with Crippen molar-refractivity contribution in [2.75, 3.05) is 45.7 Å². The SMILES string of the molecule is COc1cc([C@@H](CC(=O)NC[C@@H](c2ccc(N(C)C)cc2)N2CCCC2)c2oc(C)cc(=O)c2O)ccc1O. The van der Waals surface area contributed by atoms with Gasteiger partial charge in [-0.15, -0.1) is 0 Å². The van der Waals surface area contributed by atoms with Gasteiger partial charge < -0.3 is 29.6 Å². The second-order valence-corrected chi connectivity index (χ2v) is 10.2.